The van der Waals surface area contributed by atoms with E-state index >= 15 is 0 Å². The average molecular weight is 311 g/mol. The summed E-state index contributed by atoms with van der Waals surface area (Å²) in [6, 6.07) is 0.962. The van der Waals surface area contributed by atoms with E-state index in [1.54, 1.807) is 20.0 Å². The first kappa shape index (κ1) is 15.2. The lowest BCUT2D eigenvalue weighted by molar-refractivity contribution is -0.117. The van der Waals surface area contributed by atoms with Crippen LogP contribution in [0.1, 0.15) is 6.92 Å². The molecule has 1 rings (SSSR count). The Balaban J connectivity index is 0.00000225. The number of aromatic nitrogens is 1. The summed E-state index contributed by atoms with van der Waals surface area (Å²) in [6.45, 7) is 1.59. The summed E-state index contributed by atoms with van der Waals surface area (Å²) in [7, 11) is 1.61. The first-order valence-electron chi connectivity index (χ1n) is 4.34. The van der Waals surface area contributed by atoms with Gasteiger partial charge in [0.05, 0.1) is 16.2 Å². The van der Waals surface area contributed by atoms with Gasteiger partial charge in [-0.1, -0.05) is 0 Å². The molecule has 3 N–H and O–H groups in total. The van der Waals surface area contributed by atoms with Gasteiger partial charge in [0.25, 0.3) is 5.56 Å². The average Bonchev–Trinajstić information content (AvgIpc) is 2.13. The molecule has 0 spiro atoms. The van der Waals surface area contributed by atoms with E-state index in [1.165, 1.54) is 10.8 Å². The van der Waals surface area contributed by atoms with Crippen molar-refractivity contribution in [3.05, 3.63) is 27.1 Å². The van der Waals surface area contributed by atoms with E-state index < -0.39 is 6.04 Å². The molecule has 1 aromatic heterocycles. The zero-order chi connectivity index (χ0) is 11.6. The van der Waals surface area contributed by atoms with Crippen LogP contribution in [0.5, 0.6) is 0 Å². The molecule has 5 nitrogen and oxygen atoms in total. The zero-order valence-corrected chi connectivity index (χ0v) is 11.3. The highest BCUT2D eigenvalue weighted by Crippen LogP contribution is 2.11. The van der Waals surface area contributed by atoms with Crippen LogP contribution in [0.3, 0.4) is 0 Å². The molecule has 1 amide bonds. The lowest BCUT2D eigenvalue weighted by Crippen LogP contribution is -2.33. The number of nitrogens with one attached hydrogen (secondary N) is 1. The Kier molecular flexibility index (Phi) is 5.71. The maximum Gasteiger partial charge on any atom is 0.264 e. The Bertz CT molecular complexity index is 419. The number of halogens is 2. The Morgan fingerprint density at radius 1 is 1.62 bits per heavy atom. The van der Waals surface area contributed by atoms with Crippen molar-refractivity contribution < 1.29 is 4.79 Å². The molecule has 0 bridgehead atoms. The topological polar surface area (TPSA) is 77.1 Å². The van der Waals surface area contributed by atoms with Gasteiger partial charge in [-0.25, -0.2) is 0 Å². The fourth-order valence-electron chi connectivity index (χ4n) is 0.996. The monoisotopic (exact) mass is 309 g/mol. The molecule has 0 radical (unpaired) electrons. The van der Waals surface area contributed by atoms with Crippen LogP contribution < -0.4 is 16.6 Å². The summed E-state index contributed by atoms with van der Waals surface area (Å²) in [5, 5.41) is 2.60. The Morgan fingerprint density at radius 2 is 2.19 bits per heavy atom. The minimum Gasteiger partial charge on any atom is -0.323 e. The summed E-state index contributed by atoms with van der Waals surface area (Å²) >= 11 is 3.11. The SMILES string of the molecule is CC(N)C(=O)Nc1cc(Br)c(=O)n(C)c1.Cl. The molecule has 90 valence electrons. The molecule has 1 atom stereocenters. The summed E-state index contributed by atoms with van der Waals surface area (Å²) in [5.41, 5.74) is 5.77. The predicted octanol–water partition coefficient (Wildman–Crippen LogP) is 0.855. The molecule has 0 aromatic carbocycles. The van der Waals surface area contributed by atoms with Gasteiger partial charge in [-0.3, -0.25) is 9.59 Å². The van der Waals surface area contributed by atoms with Gasteiger partial charge in [-0.2, -0.15) is 0 Å². The van der Waals surface area contributed by atoms with E-state index in [-0.39, 0.29) is 23.9 Å². The molecule has 1 heterocycles. The van der Waals surface area contributed by atoms with E-state index in [1.807, 2.05) is 0 Å². The van der Waals surface area contributed by atoms with E-state index in [4.69, 9.17) is 5.73 Å². The molecule has 0 fully saturated rings. The molecule has 0 saturated heterocycles. The second kappa shape index (κ2) is 6.03. The minimum absolute atomic E-state index is 0. The molecular formula is C9H13BrClN3O2. The Labute approximate surface area is 108 Å². The smallest absolute Gasteiger partial charge is 0.264 e. The number of aryl methyl sites for hydroxylation is 1. The van der Waals surface area contributed by atoms with E-state index in [0.717, 1.165) is 0 Å². The number of rotatable bonds is 2. The van der Waals surface area contributed by atoms with Gasteiger partial charge in [0.1, 0.15) is 0 Å². The molecule has 0 saturated carbocycles. The number of nitrogens with zero attached hydrogens (tertiary/aromatic N) is 1. The summed E-state index contributed by atoms with van der Waals surface area (Å²) in [5.74, 6) is -0.291. The van der Waals surface area contributed by atoms with E-state index in [0.29, 0.717) is 10.2 Å². The number of anilines is 1. The summed E-state index contributed by atoms with van der Waals surface area (Å²) < 4.78 is 1.77. The summed E-state index contributed by atoms with van der Waals surface area (Å²) in [6.07, 6.45) is 1.54. The van der Waals surface area contributed by atoms with Crippen LogP contribution in [0.25, 0.3) is 0 Å². The number of amides is 1. The van der Waals surface area contributed by atoms with Crippen molar-refractivity contribution in [2.24, 2.45) is 12.8 Å². The highest BCUT2D eigenvalue weighted by Gasteiger charge is 2.09. The molecule has 0 aliphatic rings. The molecule has 1 aromatic rings. The van der Waals surface area contributed by atoms with Crippen LogP contribution in [0.15, 0.2) is 21.5 Å². The fraction of sp³-hybridized carbons (Fsp3) is 0.333. The zero-order valence-electron chi connectivity index (χ0n) is 8.86. The number of hydrogen-bond acceptors (Lipinski definition) is 3. The highest BCUT2D eigenvalue weighted by molar-refractivity contribution is 9.10. The van der Waals surface area contributed by atoms with Crippen LogP contribution >= 0.6 is 28.3 Å². The lowest BCUT2D eigenvalue weighted by atomic mass is 10.3. The van der Waals surface area contributed by atoms with Crippen molar-refractivity contribution >= 4 is 39.9 Å². The predicted molar refractivity (Wildman–Crippen MR) is 68.9 cm³/mol. The molecule has 1 unspecified atom stereocenters. The van der Waals surface area contributed by atoms with Crippen LogP contribution in [0.4, 0.5) is 5.69 Å². The van der Waals surface area contributed by atoms with Crippen molar-refractivity contribution in [1.82, 2.24) is 4.57 Å². The Hall–Kier alpha value is -0.850. The largest absolute Gasteiger partial charge is 0.323 e. The van der Waals surface area contributed by atoms with Gasteiger partial charge in [0.2, 0.25) is 5.91 Å². The molecular weight excluding hydrogens is 297 g/mol. The lowest BCUT2D eigenvalue weighted by Gasteiger charge is -2.09. The third kappa shape index (κ3) is 3.62. The fourth-order valence-corrected chi connectivity index (χ4v) is 1.52. The molecule has 7 heteroatoms. The first-order valence-corrected chi connectivity index (χ1v) is 5.13. The van der Waals surface area contributed by atoms with Gasteiger partial charge in [-0.15, -0.1) is 12.4 Å². The van der Waals surface area contributed by atoms with Crippen molar-refractivity contribution in [1.29, 1.82) is 0 Å². The standard InChI is InChI=1S/C9H12BrN3O2.ClH/c1-5(11)8(14)12-6-3-7(10)9(15)13(2)4-6;/h3-5H,11H2,1-2H3,(H,12,14);1H. The first-order chi connectivity index (χ1) is 6.91. The van der Waals surface area contributed by atoms with Gasteiger partial charge < -0.3 is 15.6 Å². The van der Waals surface area contributed by atoms with E-state index in [9.17, 15) is 9.59 Å². The van der Waals surface area contributed by atoms with Crippen LogP contribution in [-0.2, 0) is 11.8 Å². The van der Waals surface area contributed by atoms with Crippen molar-refractivity contribution in [2.45, 2.75) is 13.0 Å². The molecule has 0 aliphatic carbocycles. The van der Waals surface area contributed by atoms with Crippen molar-refractivity contribution in [3.63, 3.8) is 0 Å². The number of carbonyl (C=O) groups excluding carboxylic acids is 1. The van der Waals surface area contributed by atoms with Gasteiger partial charge >= 0.3 is 0 Å². The maximum atomic E-state index is 11.3. The number of hydrogen-bond donors (Lipinski definition) is 2. The third-order valence-electron chi connectivity index (χ3n) is 1.82. The van der Waals surface area contributed by atoms with Crippen molar-refractivity contribution in [2.75, 3.05) is 5.32 Å². The van der Waals surface area contributed by atoms with Gasteiger partial charge in [-0.05, 0) is 28.9 Å². The molecule has 0 aliphatic heterocycles. The van der Waals surface area contributed by atoms with E-state index in [2.05, 4.69) is 21.2 Å². The maximum absolute atomic E-state index is 11.3. The summed E-state index contributed by atoms with van der Waals surface area (Å²) in [4.78, 5) is 22.6. The van der Waals surface area contributed by atoms with Gasteiger partial charge in [0.15, 0.2) is 0 Å². The van der Waals surface area contributed by atoms with Crippen LogP contribution in [0, 0.1) is 0 Å². The van der Waals surface area contributed by atoms with Gasteiger partial charge in [0, 0.05) is 13.2 Å². The van der Waals surface area contributed by atoms with Crippen LogP contribution in [-0.4, -0.2) is 16.5 Å². The number of nitrogens with two attached hydrogens (primary N) is 1. The second-order valence-corrected chi connectivity index (χ2v) is 4.13. The van der Waals surface area contributed by atoms with Crippen molar-refractivity contribution in [3.8, 4) is 0 Å². The van der Waals surface area contributed by atoms with Crippen LogP contribution in [0.2, 0.25) is 0 Å². The highest BCUT2D eigenvalue weighted by atomic mass is 79.9. The number of pyridine rings is 1. The quantitative estimate of drug-likeness (QED) is 0.850. The minimum atomic E-state index is -0.582. The number of carbonyl (C=O) groups is 1. The second-order valence-electron chi connectivity index (χ2n) is 3.27. The third-order valence-corrected chi connectivity index (χ3v) is 2.39. The normalized spacial score (nSPS) is 11.5. The molecule has 16 heavy (non-hydrogen) atoms. The Morgan fingerprint density at radius 3 is 2.62 bits per heavy atom.